The maximum absolute atomic E-state index is 11.9. The van der Waals surface area contributed by atoms with Crippen LogP contribution in [0.1, 0.15) is 15.2 Å². The van der Waals surface area contributed by atoms with Crippen LogP contribution in [0.4, 0.5) is 5.69 Å². The van der Waals surface area contributed by atoms with Crippen LogP contribution in [0.5, 0.6) is 5.75 Å². The molecule has 0 fully saturated rings. The molecule has 0 aliphatic carbocycles. The van der Waals surface area contributed by atoms with Crippen molar-refractivity contribution in [3.63, 3.8) is 0 Å². The summed E-state index contributed by atoms with van der Waals surface area (Å²) in [6, 6.07) is 9.17. The van der Waals surface area contributed by atoms with Gasteiger partial charge in [0.2, 0.25) is 0 Å². The van der Waals surface area contributed by atoms with Crippen LogP contribution in [0.3, 0.4) is 0 Å². The second-order valence-electron chi connectivity index (χ2n) is 3.37. The molecule has 0 saturated carbocycles. The highest BCUT2D eigenvalue weighted by molar-refractivity contribution is 7.10. The Morgan fingerprint density at radius 1 is 1.31 bits per heavy atom. The SMILES string of the molecule is Cc1scc(O)c1C(=O)Nc1ccccc1. The molecule has 16 heavy (non-hydrogen) atoms. The van der Waals surface area contributed by atoms with Crippen LogP contribution in [0.2, 0.25) is 0 Å². The molecule has 0 unspecified atom stereocenters. The van der Waals surface area contributed by atoms with Gasteiger partial charge in [0, 0.05) is 15.9 Å². The predicted molar refractivity (Wildman–Crippen MR) is 65.1 cm³/mol. The summed E-state index contributed by atoms with van der Waals surface area (Å²) in [4.78, 5) is 12.7. The Balaban J connectivity index is 2.22. The summed E-state index contributed by atoms with van der Waals surface area (Å²) < 4.78 is 0. The first kappa shape index (κ1) is 10.7. The maximum atomic E-state index is 11.9. The monoisotopic (exact) mass is 233 g/mol. The van der Waals surface area contributed by atoms with E-state index in [0.29, 0.717) is 5.56 Å². The van der Waals surface area contributed by atoms with Crippen LogP contribution in [0.25, 0.3) is 0 Å². The summed E-state index contributed by atoms with van der Waals surface area (Å²) in [7, 11) is 0. The molecule has 3 nitrogen and oxygen atoms in total. The molecule has 0 aliphatic rings. The lowest BCUT2D eigenvalue weighted by Gasteiger charge is -2.04. The second-order valence-corrected chi connectivity index (χ2v) is 4.46. The number of nitrogens with one attached hydrogen (secondary N) is 1. The van der Waals surface area contributed by atoms with E-state index >= 15 is 0 Å². The van der Waals surface area contributed by atoms with Gasteiger partial charge in [-0.2, -0.15) is 0 Å². The van der Waals surface area contributed by atoms with Crippen molar-refractivity contribution < 1.29 is 9.90 Å². The standard InChI is InChI=1S/C12H11NO2S/c1-8-11(10(14)7-16-8)12(15)13-9-5-3-2-4-6-9/h2-7,14H,1H3,(H,13,15). The van der Waals surface area contributed by atoms with Gasteiger partial charge in [-0.15, -0.1) is 11.3 Å². The van der Waals surface area contributed by atoms with E-state index in [0.717, 1.165) is 10.6 Å². The number of anilines is 1. The molecule has 2 rings (SSSR count). The van der Waals surface area contributed by atoms with Crippen molar-refractivity contribution in [3.05, 3.63) is 46.2 Å². The fraction of sp³-hybridized carbons (Fsp3) is 0.0833. The molecule has 82 valence electrons. The zero-order valence-electron chi connectivity index (χ0n) is 8.73. The molecule has 0 bridgehead atoms. The number of hydrogen-bond acceptors (Lipinski definition) is 3. The van der Waals surface area contributed by atoms with Crippen LogP contribution in [-0.4, -0.2) is 11.0 Å². The topological polar surface area (TPSA) is 49.3 Å². The Morgan fingerprint density at radius 2 is 2.00 bits per heavy atom. The van der Waals surface area contributed by atoms with E-state index in [2.05, 4.69) is 5.32 Å². The third-order valence-corrected chi connectivity index (χ3v) is 3.11. The Bertz CT molecular complexity index is 485. The number of aromatic hydroxyl groups is 1. The van der Waals surface area contributed by atoms with Gasteiger partial charge in [-0.05, 0) is 19.1 Å². The van der Waals surface area contributed by atoms with Crippen LogP contribution < -0.4 is 5.32 Å². The predicted octanol–water partition coefficient (Wildman–Crippen LogP) is 3.01. The van der Waals surface area contributed by atoms with E-state index in [-0.39, 0.29) is 11.7 Å². The zero-order chi connectivity index (χ0) is 11.5. The highest BCUT2D eigenvalue weighted by atomic mass is 32.1. The zero-order valence-corrected chi connectivity index (χ0v) is 9.54. The van der Waals surface area contributed by atoms with Crippen LogP contribution in [0, 0.1) is 6.92 Å². The van der Waals surface area contributed by atoms with E-state index in [1.165, 1.54) is 11.3 Å². The van der Waals surface area contributed by atoms with Crippen molar-refractivity contribution >= 4 is 22.9 Å². The minimum atomic E-state index is -0.276. The number of aryl methyl sites for hydroxylation is 1. The smallest absolute Gasteiger partial charge is 0.260 e. The Kier molecular flexibility index (Phi) is 2.92. The second kappa shape index (κ2) is 4.37. The first-order chi connectivity index (χ1) is 7.68. The van der Waals surface area contributed by atoms with Crippen molar-refractivity contribution in [2.24, 2.45) is 0 Å². The van der Waals surface area contributed by atoms with Crippen molar-refractivity contribution in [1.82, 2.24) is 0 Å². The van der Waals surface area contributed by atoms with Crippen molar-refractivity contribution in [2.75, 3.05) is 5.32 Å². The average Bonchev–Trinajstić information content (AvgIpc) is 2.60. The number of para-hydroxylation sites is 1. The highest BCUT2D eigenvalue weighted by Gasteiger charge is 2.15. The van der Waals surface area contributed by atoms with Gasteiger partial charge < -0.3 is 10.4 Å². The minimum absolute atomic E-state index is 0.0379. The number of rotatable bonds is 2. The number of amides is 1. The highest BCUT2D eigenvalue weighted by Crippen LogP contribution is 2.28. The first-order valence-corrected chi connectivity index (χ1v) is 5.70. The van der Waals surface area contributed by atoms with Gasteiger partial charge in [0.1, 0.15) is 5.75 Å². The molecular weight excluding hydrogens is 222 g/mol. The summed E-state index contributed by atoms with van der Waals surface area (Å²) >= 11 is 1.36. The largest absolute Gasteiger partial charge is 0.506 e. The van der Waals surface area contributed by atoms with Crippen LogP contribution >= 0.6 is 11.3 Å². The van der Waals surface area contributed by atoms with E-state index < -0.39 is 0 Å². The summed E-state index contributed by atoms with van der Waals surface area (Å²) in [5.74, 6) is -0.238. The number of carbonyl (C=O) groups is 1. The molecule has 4 heteroatoms. The van der Waals surface area contributed by atoms with Gasteiger partial charge in [-0.25, -0.2) is 0 Å². The number of thiophene rings is 1. The molecular formula is C12H11NO2S. The third kappa shape index (κ3) is 2.06. The van der Waals surface area contributed by atoms with Gasteiger partial charge in [0.05, 0.1) is 5.56 Å². The quantitative estimate of drug-likeness (QED) is 0.837. The molecule has 2 aromatic rings. The summed E-state index contributed by atoms with van der Waals surface area (Å²) in [6.45, 7) is 1.81. The Morgan fingerprint density at radius 3 is 2.56 bits per heavy atom. The van der Waals surface area contributed by atoms with Gasteiger partial charge >= 0.3 is 0 Å². The average molecular weight is 233 g/mol. The van der Waals surface area contributed by atoms with E-state index in [9.17, 15) is 9.90 Å². The molecule has 1 heterocycles. The lowest BCUT2D eigenvalue weighted by Crippen LogP contribution is -2.12. The molecule has 0 aliphatic heterocycles. The van der Waals surface area contributed by atoms with Gasteiger partial charge in [0.25, 0.3) is 5.91 Å². The molecule has 0 saturated heterocycles. The number of hydrogen-bond donors (Lipinski definition) is 2. The number of carbonyl (C=O) groups excluding carboxylic acids is 1. The van der Waals surface area contributed by atoms with Gasteiger partial charge in [-0.3, -0.25) is 4.79 Å². The normalized spacial score (nSPS) is 10.1. The summed E-state index contributed by atoms with van der Waals surface area (Å²) in [5, 5.41) is 13.8. The molecule has 1 aromatic carbocycles. The molecule has 0 spiro atoms. The fourth-order valence-electron chi connectivity index (χ4n) is 1.43. The Labute approximate surface area is 97.4 Å². The van der Waals surface area contributed by atoms with Crippen LogP contribution in [-0.2, 0) is 0 Å². The van der Waals surface area contributed by atoms with Crippen molar-refractivity contribution in [2.45, 2.75) is 6.92 Å². The molecule has 0 atom stereocenters. The molecule has 2 N–H and O–H groups in total. The fourth-order valence-corrected chi connectivity index (χ4v) is 2.16. The lowest BCUT2D eigenvalue weighted by molar-refractivity contribution is 0.102. The first-order valence-electron chi connectivity index (χ1n) is 4.82. The van der Waals surface area contributed by atoms with Crippen molar-refractivity contribution in [1.29, 1.82) is 0 Å². The van der Waals surface area contributed by atoms with Crippen LogP contribution in [0.15, 0.2) is 35.7 Å². The maximum Gasteiger partial charge on any atom is 0.260 e. The van der Waals surface area contributed by atoms with E-state index in [1.807, 2.05) is 25.1 Å². The van der Waals surface area contributed by atoms with E-state index in [4.69, 9.17) is 0 Å². The van der Waals surface area contributed by atoms with Gasteiger partial charge in [0.15, 0.2) is 0 Å². The minimum Gasteiger partial charge on any atom is -0.506 e. The lowest BCUT2D eigenvalue weighted by atomic mass is 10.2. The molecule has 1 aromatic heterocycles. The third-order valence-electron chi connectivity index (χ3n) is 2.21. The number of benzene rings is 1. The molecule has 0 radical (unpaired) electrons. The van der Waals surface area contributed by atoms with Gasteiger partial charge in [-0.1, -0.05) is 18.2 Å². The van der Waals surface area contributed by atoms with E-state index in [1.54, 1.807) is 17.5 Å². The summed E-state index contributed by atoms with van der Waals surface area (Å²) in [5.41, 5.74) is 1.08. The van der Waals surface area contributed by atoms with Crippen molar-refractivity contribution in [3.8, 4) is 5.75 Å². The molecule has 1 amide bonds. The Hall–Kier alpha value is -1.81. The summed E-state index contributed by atoms with van der Waals surface area (Å²) in [6.07, 6.45) is 0.